The van der Waals surface area contributed by atoms with Gasteiger partial charge in [-0.3, -0.25) is 10.1 Å². The highest BCUT2D eigenvalue weighted by Gasteiger charge is 2.17. The number of hydrogen-bond donors (Lipinski definition) is 2. The molecule has 11 heteroatoms. The normalized spacial score (nSPS) is 11.6. The standard InChI is InChI=1S/C9H8N6O3S2/c1-4-12-9(20-14-4)19-8-6(7(10)13-16)2-5(3-11-8)15(17)18/h2-3,16H,1H3,(H2,10,13). The molecule has 0 radical (unpaired) electrons. The topological polar surface area (TPSA) is 140 Å². The van der Waals surface area contributed by atoms with Crippen molar-refractivity contribution in [3.63, 3.8) is 0 Å². The van der Waals surface area contributed by atoms with Crippen LogP contribution in [0.4, 0.5) is 5.69 Å². The molecule has 0 fully saturated rings. The predicted molar refractivity (Wildman–Crippen MR) is 72.2 cm³/mol. The molecule has 2 aromatic heterocycles. The summed E-state index contributed by atoms with van der Waals surface area (Å²) in [7, 11) is 0. The van der Waals surface area contributed by atoms with E-state index in [4.69, 9.17) is 10.9 Å². The van der Waals surface area contributed by atoms with Crippen LogP contribution in [0.1, 0.15) is 11.4 Å². The lowest BCUT2D eigenvalue weighted by Gasteiger charge is -2.04. The lowest BCUT2D eigenvalue weighted by atomic mass is 10.2. The molecule has 2 rings (SSSR count). The zero-order valence-electron chi connectivity index (χ0n) is 10.0. The van der Waals surface area contributed by atoms with Crippen molar-refractivity contribution in [1.82, 2.24) is 14.3 Å². The summed E-state index contributed by atoms with van der Waals surface area (Å²) in [5.74, 6) is 0.356. The number of pyridine rings is 1. The molecular formula is C9H8N6O3S2. The van der Waals surface area contributed by atoms with Crippen LogP contribution in [0.15, 0.2) is 26.8 Å². The van der Waals surface area contributed by atoms with E-state index in [2.05, 4.69) is 19.5 Å². The molecule has 0 aromatic carbocycles. The Labute approximate surface area is 120 Å². The van der Waals surface area contributed by atoms with Crippen LogP contribution >= 0.6 is 23.3 Å². The number of nitro groups is 1. The molecule has 0 aliphatic heterocycles. The van der Waals surface area contributed by atoms with Gasteiger partial charge in [0.2, 0.25) is 0 Å². The van der Waals surface area contributed by atoms with Gasteiger partial charge in [-0.05, 0) is 30.2 Å². The fraction of sp³-hybridized carbons (Fsp3) is 0.111. The highest BCUT2D eigenvalue weighted by atomic mass is 32.2. The maximum absolute atomic E-state index is 10.7. The Bertz CT molecular complexity index is 686. The molecule has 3 N–H and O–H groups in total. The Hall–Kier alpha value is -2.27. The predicted octanol–water partition coefficient (Wildman–Crippen LogP) is 1.40. The molecule has 20 heavy (non-hydrogen) atoms. The van der Waals surface area contributed by atoms with Gasteiger partial charge in [-0.1, -0.05) is 5.16 Å². The summed E-state index contributed by atoms with van der Waals surface area (Å²) in [5, 5.41) is 22.7. The van der Waals surface area contributed by atoms with E-state index in [1.54, 1.807) is 6.92 Å². The van der Waals surface area contributed by atoms with Crippen molar-refractivity contribution in [3.8, 4) is 0 Å². The zero-order chi connectivity index (χ0) is 14.7. The molecule has 0 aliphatic rings. The fourth-order valence-corrected chi connectivity index (χ4v) is 2.91. The number of aromatic nitrogens is 3. The second-order valence-corrected chi connectivity index (χ2v) is 5.49. The number of nitrogens with two attached hydrogens (primary N) is 1. The van der Waals surface area contributed by atoms with Crippen LogP contribution in [0.5, 0.6) is 0 Å². The first-order valence-corrected chi connectivity index (χ1v) is 6.70. The summed E-state index contributed by atoms with van der Waals surface area (Å²) in [6.07, 6.45) is 1.10. The molecule has 0 aliphatic carbocycles. The molecule has 0 atom stereocenters. The van der Waals surface area contributed by atoms with Crippen LogP contribution in [-0.2, 0) is 0 Å². The molecule has 104 valence electrons. The molecule has 0 bridgehead atoms. The van der Waals surface area contributed by atoms with Gasteiger partial charge in [-0.25, -0.2) is 9.97 Å². The molecule has 0 spiro atoms. The third kappa shape index (κ3) is 3.00. The first-order valence-electron chi connectivity index (χ1n) is 5.11. The van der Waals surface area contributed by atoms with E-state index in [1.807, 2.05) is 0 Å². The smallest absolute Gasteiger partial charge is 0.288 e. The van der Waals surface area contributed by atoms with Crippen molar-refractivity contribution in [1.29, 1.82) is 0 Å². The van der Waals surface area contributed by atoms with Crippen LogP contribution in [0.3, 0.4) is 0 Å². The van der Waals surface area contributed by atoms with Gasteiger partial charge < -0.3 is 10.9 Å². The van der Waals surface area contributed by atoms with Gasteiger partial charge in [0.05, 0.1) is 10.5 Å². The Morgan fingerprint density at radius 1 is 1.65 bits per heavy atom. The molecule has 0 amide bonds. The molecule has 9 nitrogen and oxygen atoms in total. The lowest BCUT2D eigenvalue weighted by Crippen LogP contribution is -2.15. The highest BCUT2D eigenvalue weighted by Crippen LogP contribution is 2.31. The van der Waals surface area contributed by atoms with E-state index in [0.29, 0.717) is 15.2 Å². The third-order valence-corrected chi connectivity index (χ3v) is 3.99. The summed E-state index contributed by atoms with van der Waals surface area (Å²) in [5.41, 5.74) is 5.43. The van der Waals surface area contributed by atoms with E-state index < -0.39 is 4.92 Å². The highest BCUT2D eigenvalue weighted by molar-refractivity contribution is 8.01. The minimum atomic E-state index is -0.606. The van der Waals surface area contributed by atoms with Crippen molar-refractivity contribution >= 4 is 34.8 Å². The monoisotopic (exact) mass is 312 g/mol. The minimum absolute atomic E-state index is 0.166. The fourth-order valence-electron chi connectivity index (χ4n) is 1.26. The van der Waals surface area contributed by atoms with Crippen molar-refractivity contribution in [2.75, 3.05) is 0 Å². The Morgan fingerprint density at radius 2 is 2.40 bits per heavy atom. The quantitative estimate of drug-likeness (QED) is 0.284. The van der Waals surface area contributed by atoms with Gasteiger partial charge in [-0.2, -0.15) is 4.37 Å². The van der Waals surface area contributed by atoms with E-state index in [9.17, 15) is 10.1 Å². The van der Waals surface area contributed by atoms with Crippen LogP contribution < -0.4 is 5.73 Å². The van der Waals surface area contributed by atoms with E-state index in [0.717, 1.165) is 18.0 Å². The average Bonchev–Trinajstić information content (AvgIpc) is 2.83. The van der Waals surface area contributed by atoms with Gasteiger partial charge in [0, 0.05) is 6.07 Å². The summed E-state index contributed by atoms with van der Waals surface area (Å²) in [6, 6.07) is 1.19. The van der Waals surface area contributed by atoms with Gasteiger partial charge in [0.25, 0.3) is 5.69 Å². The van der Waals surface area contributed by atoms with Gasteiger partial charge in [-0.15, -0.1) is 0 Å². The van der Waals surface area contributed by atoms with Crippen LogP contribution in [-0.4, -0.2) is 30.3 Å². The SMILES string of the molecule is Cc1nsc(Sc2ncc([N+](=O)[O-])cc2C(N)=NO)n1. The first kappa shape index (κ1) is 14.1. The summed E-state index contributed by atoms with van der Waals surface area (Å²) < 4.78 is 4.62. The molecular weight excluding hydrogens is 304 g/mol. The molecule has 2 heterocycles. The average molecular weight is 312 g/mol. The molecule has 2 aromatic rings. The number of aryl methyl sites for hydroxylation is 1. The minimum Gasteiger partial charge on any atom is -0.409 e. The zero-order valence-corrected chi connectivity index (χ0v) is 11.7. The summed E-state index contributed by atoms with van der Waals surface area (Å²) in [6.45, 7) is 1.74. The van der Waals surface area contributed by atoms with E-state index in [1.165, 1.54) is 17.6 Å². The number of nitrogens with zero attached hydrogens (tertiary/aromatic N) is 5. The molecule has 0 saturated heterocycles. The van der Waals surface area contributed by atoms with Crippen LogP contribution in [0, 0.1) is 17.0 Å². The molecule has 0 saturated carbocycles. The van der Waals surface area contributed by atoms with Gasteiger partial charge in [0.1, 0.15) is 17.0 Å². The Kier molecular flexibility index (Phi) is 4.10. The second kappa shape index (κ2) is 5.79. The van der Waals surface area contributed by atoms with Crippen molar-refractivity contribution in [2.45, 2.75) is 16.3 Å². The van der Waals surface area contributed by atoms with Crippen LogP contribution in [0.2, 0.25) is 0 Å². The lowest BCUT2D eigenvalue weighted by molar-refractivity contribution is -0.385. The molecule has 0 unspecified atom stereocenters. The van der Waals surface area contributed by atoms with Crippen molar-refractivity contribution < 1.29 is 10.1 Å². The Balaban J connectivity index is 2.43. The maximum atomic E-state index is 10.7. The Morgan fingerprint density at radius 3 is 2.95 bits per heavy atom. The number of rotatable bonds is 4. The van der Waals surface area contributed by atoms with Crippen LogP contribution in [0.25, 0.3) is 0 Å². The van der Waals surface area contributed by atoms with E-state index in [-0.39, 0.29) is 17.1 Å². The van der Waals surface area contributed by atoms with Gasteiger partial charge in [0.15, 0.2) is 10.2 Å². The van der Waals surface area contributed by atoms with E-state index >= 15 is 0 Å². The van der Waals surface area contributed by atoms with Gasteiger partial charge >= 0.3 is 0 Å². The largest absolute Gasteiger partial charge is 0.409 e. The van der Waals surface area contributed by atoms with Crippen molar-refractivity contribution in [3.05, 3.63) is 33.8 Å². The number of oxime groups is 1. The van der Waals surface area contributed by atoms with Crippen molar-refractivity contribution in [2.24, 2.45) is 10.9 Å². The number of amidine groups is 1. The maximum Gasteiger partial charge on any atom is 0.288 e. The number of hydrogen-bond acceptors (Lipinski definition) is 9. The third-order valence-electron chi connectivity index (χ3n) is 2.12. The first-order chi connectivity index (χ1) is 9.51. The summed E-state index contributed by atoms with van der Waals surface area (Å²) in [4.78, 5) is 18.2. The summed E-state index contributed by atoms with van der Waals surface area (Å²) >= 11 is 2.31. The second-order valence-electron chi connectivity index (χ2n) is 3.50.